The van der Waals surface area contributed by atoms with Gasteiger partial charge in [0.15, 0.2) is 0 Å². The van der Waals surface area contributed by atoms with Crippen molar-refractivity contribution < 1.29 is 9.59 Å². The minimum Gasteiger partial charge on any atom is -0.376 e. The Hall–Kier alpha value is -2.24. The molecule has 4 N–H and O–H groups in total. The standard InChI is InChI=1S/C15H13Cl2N3O2/c16-10-5-11(17)7-13(6-10)20-14(21)8-19-12-3-1-2-9(4-12)15(18)22/h1-7,19H,8H2,(H2,18,22)(H,20,21). The molecule has 0 fully saturated rings. The maximum atomic E-state index is 11.9. The molecule has 0 aliphatic carbocycles. The maximum Gasteiger partial charge on any atom is 0.248 e. The Balaban J connectivity index is 1.95. The van der Waals surface area contributed by atoms with Crippen LogP contribution in [0.15, 0.2) is 42.5 Å². The van der Waals surface area contributed by atoms with Gasteiger partial charge >= 0.3 is 0 Å². The number of carbonyl (C=O) groups is 2. The topological polar surface area (TPSA) is 84.2 Å². The number of anilines is 2. The second kappa shape index (κ2) is 7.15. The van der Waals surface area contributed by atoms with Crippen LogP contribution in [0, 0.1) is 0 Å². The molecule has 0 atom stereocenters. The SMILES string of the molecule is NC(=O)c1cccc(NCC(=O)Nc2cc(Cl)cc(Cl)c2)c1. The predicted molar refractivity (Wildman–Crippen MR) is 88.5 cm³/mol. The quantitative estimate of drug-likeness (QED) is 0.783. The zero-order valence-corrected chi connectivity index (χ0v) is 12.9. The smallest absolute Gasteiger partial charge is 0.248 e. The van der Waals surface area contributed by atoms with E-state index in [1.807, 2.05) is 0 Å². The fourth-order valence-corrected chi connectivity index (χ4v) is 2.32. The number of halogens is 2. The second-order valence-electron chi connectivity index (χ2n) is 4.50. The molecule has 0 unspecified atom stereocenters. The first kappa shape index (κ1) is 16.1. The van der Waals surface area contributed by atoms with Crippen molar-refractivity contribution >= 4 is 46.4 Å². The Bertz CT molecular complexity index is 699. The third kappa shape index (κ3) is 4.65. The zero-order valence-electron chi connectivity index (χ0n) is 11.4. The molecule has 22 heavy (non-hydrogen) atoms. The van der Waals surface area contributed by atoms with Crippen molar-refractivity contribution in [2.24, 2.45) is 5.73 Å². The number of primary amides is 1. The molecule has 0 aliphatic heterocycles. The van der Waals surface area contributed by atoms with E-state index in [0.717, 1.165) is 0 Å². The van der Waals surface area contributed by atoms with Crippen molar-refractivity contribution in [1.29, 1.82) is 0 Å². The number of nitrogens with one attached hydrogen (secondary N) is 2. The normalized spacial score (nSPS) is 10.1. The zero-order chi connectivity index (χ0) is 16.1. The Morgan fingerprint density at radius 3 is 2.32 bits per heavy atom. The minimum atomic E-state index is -0.526. The van der Waals surface area contributed by atoms with E-state index < -0.39 is 5.91 Å². The van der Waals surface area contributed by atoms with Crippen LogP contribution in [0.5, 0.6) is 0 Å². The molecule has 0 aromatic heterocycles. The second-order valence-corrected chi connectivity index (χ2v) is 5.38. The average molecular weight is 338 g/mol. The summed E-state index contributed by atoms with van der Waals surface area (Å²) < 4.78 is 0. The molecule has 2 aromatic carbocycles. The van der Waals surface area contributed by atoms with Crippen LogP contribution < -0.4 is 16.4 Å². The maximum absolute atomic E-state index is 11.9. The fourth-order valence-electron chi connectivity index (χ4n) is 1.80. The molecule has 2 aromatic rings. The van der Waals surface area contributed by atoms with Crippen molar-refractivity contribution in [2.45, 2.75) is 0 Å². The number of benzene rings is 2. The van der Waals surface area contributed by atoms with Gasteiger partial charge in [-0.25, -0.2) is 0 Å². The lowest BCUT2D eigenvalue weighted by Crippen LogP contribution is -2.22. The molecule has 114 valence electrons. The van der Waals surface area contributed by atoms with Gasteiger partial charge in [0, 0.05) is 27.0 Å². The molecular weight excluding hydrogens is 325 g/mol. The van der Waals surface area contributed by atoms with Gasteiger partial charge in [0.05, 0.1) is 6.54 Å². The third-order valence-corrected chi connectivity index (χ3v) is 3.18. The van der Waals surface area contributed by atoms with Gasteiger partial charge in [-0.1, -0.05) is 29.3 Å². The summed E-state index contributed by atoms with van der Waals surface area (Å²) in [6.45, 7) is 0.0202. The van der Waals surface area contributed by atoms with E-state index in [0.29, 0.717) is 27.0 Å². The van der Waals surface area contributed by atoms with Gasteiger partial charge in [-0.3, -0.25) is 9.59 Å². The molecule has 0 radical (unpaired) electrons. The van der Waals surface area contributed by atoms with E-state index in [1.165, 1.54) is 0 Å². The van der Waals surface area contributed by atoms with E-state index in [2.05, 4.69) is 10.6 Å². The molecular formula is C15H13Cl2N3O2. The molecule has 0 heterocycles. The first-order valence-electron chi connectivity index (χ1n) is 6.34. The largest absolute Gasteiger partial charge is 0.376 e. The number of hydrogen-bond acceptors (Lipinski definition) is 3. The van der Waals surface area contributed by atoms with E-state index in [1.54, 1.807) is 42.5 Å². The lowest BCUT2D eigenvalue weighted by Gasteiger charge is -2.09. The van der Waals surface area contributed by atoms with Crippen LogP contribution in [0.25, 0.3) is 0 Å². The van der Waals surface area contributed by atoms with Crippen molar-refractivity contribution in [1.82, 2.24) is 0 Å². The molecule has 7 heteroatoms. The van der Waals surface area contributed by atoms with Gasteiger partial charge in [0.25, 0.3) is 0 Å². The van der Waals surface area contributed by atoms with E-state index in [-0.39, 0.29) is 12.5 Å². The highest BCUT2D eigenvalue weighted by molar-refractivity contribution is 6.35. The highest BCUT2D eigenvalue weighted by atomic mass is 35.5. The Labute approximate surface area is 137 Å². The first-order chi connectivity index (χ1) is 10.4. The Kier molecular flexibility index (Phi) is 5.25. The Morgan fingerprint density at radius 2 is 1.68 bits per heavy atom. The molecule has 2 rings (SSSR count). The summed E-state index contributed by atoms with van der Waals surface area (Å²) >= 11 is 11.7. The highest BCUT2D eigenvalue weighted by Gasteiger charge is 2.06. The molecule has 0 saturated carbocycles. The lowest BCUT2D eigenvalue weighted by molar-refractivity contribution is -0.114. The van der Waals surface area contributed by atoms with Crippen LogP contribution in [0.3, 0.4) is 0 Å². The average Bonchev–Trinajstić information content (AvgIpc) is 2.44. The molecule has 2 amide bonds. The molecule has 0 aliphatic rings. The first-order valence-corrected chi connectivity index (χ1v) is 7.09. The van der Waals surface area contributed by atoms with E-state index in [4.69, 9.17) is 28.9 Å². The van der Waals surface area contributed by atoms with Crippen molar-refractivity contribution in [3.63, 3.8) is 0 Å². The monoisotopic (exact) mass is 337 g/mol. The van der Waals surface area contributed by atoms with E-state index in [9.17, 15) is 9.59 Å². The van der Waals surface area contributed by atoms with Crippen LogP contribution in [0.1, 0.15) is 10.4 Å². The number of amides is 2. The summed E-state index contributed by atoms with van der Waals surface area (Å²) in [6.07, 6.45) is 0. The van der Waals surface area contributed by atoms with Crippen LogP contribution in [-0.2, 0) is 4.79 Å². The van der Waals surface area contributed by atoms with Crippen LogP contribution >= 0.6 is 23.2 Å². The number of carbonyl (C=O) groups excluding carboxylic acids is 2. The molecule has 0 spiro atoms. The molecule has 0 bridgehead atoms. The van der Waals surface area contributed by atoms with Gasteiger partial charge in [0.1, 0.15) is 0 Å². The summed E-state index contributed by atoms with van der Waals surface area (Å²) in [5, 5.41) is 6.44. The Morgan fingerprint density at radius 1 is 1.00 bits per heavy atom. The van der Waals surface area contributed by atoms with Crippen LogP contribution in [0.4, 0.5) is 11.4 Å². The summed E-state index contributed by atoms with van der Waals surface area (Å²) in [5.74, 6) is -0.801. The molecule has 0 saturated heterocycles. The van der Waals surface area contributed by atoms with Crippen LogP contribution in [0.2, 0.25) is 10.0 Å². The van der Waals surface area contributed by atoms with Gasteiger partial charge in [-0.05, 0) is 36.4 Å². The van der Waals surface area contributed by atoms with E-state index >= 15 is 0 Å². The number of hydrogen-bond donors (Lipinski definition) is 3. The summed E-state index contributed by atoms with van der Waals surface area (Å²) in [7, 11) is 0. The summed E-state index contributed by atoms with van der Waals surface area (Å²) in [5.41, 5.74) is 6.70. The third-order valence-electron chi connectivity index (χ3n) is 2.75. The summed E-state index contributed by atoms with van der Waals surface area (Å²) in [4.78, 5) is 23.0. The van der Waals surface area contributed by atoms with Gasteiger partial charge in [-0.2, -0.15) is 0 Å². The number of nitrogens with two attached hydrogens (primary N) is 1. The fraction of sp³-hybridized carbons (Fsp3) is 0.0667. The highest BCUT2D eigenvalue weighted by Crippen LogP contribution is 2.22. The van der Waals surface area contributed by atoms with Gasteiger partial charge in [-0.15, -0.1) is 0 Å². The van der Waals surface area contributed by atoms with Crippen molar-refractivity contribution in [2.75, 3.05) is 17.2 Å². The van der Waals surface area contributed by atoms with Gasteiger partial charge < -0.3 is 16.4 Å². The predicted octanol–water partition coefficient (Wildman–Crippen LogP) is 3.14. The van der Waals surface area contributed by atoms with Crippen molar-refractivity contribution in [3.8, 4) is 0 Å². The van der Waals surface area contributed by atoms with Crippen molar-refractivity contribution in [3.05, 3.63) is 58.1 Å². The lowest BCUT2D eigenvalue weighted by atomic mass is 10.2. The number of rotatable bonds is 5. The van der Waals surface area contributed by atoms with Gasteiger partial charge in [0.2, 0.25) is 11.8 Å². The summed E-state index contributed by atoms with van der Waals surface area (Å²) in [6, 6.07) is 11.4. The van der Waals surface area contributed by atoms with Crippen LogP contribution in [-0.4, -0.2) is 18.4 Å². The minimum absolute atomic E-state index is 0.0202. The molecule has 5 nitrogen and oxygen atoms in total.